The zero-order valence-corrected chi connectivity index (χ0v) is 11.3. The lowest BCUT2D eigenvalue weighted by molar-refractivity contribution is 0.412. The van der Waals surface area contributed by atoms with E-state index in [1.54, 1.807) is 7.11 Å². The third kappa shape index (κ3) is 1.99. The molecule has 0 aliphatic heterocycles. The zero-order valence-electron chi connectivity index (χ0n) is 11.3. The van der Waals surface area contributed by atoms with Gasteiger partial charge in [-0.2, -0.15) is 0 Å². The molecule has 18 heavy (non-hydrogen) atoms. The average Bonchev–Trinajstić information content (AvgIpc) is 2.65. The van der Waals surface area contributed by atoms with Crippen molar-refractivity contribution >= 4 is 0 Å². The fraction of sp³-hybridized carbons (Fsp3) is 0.357. The Balaban J connectivity index is 2.55. The monoisotopic (exact) mass is 245 g/mol. The second kappa shape index (κ2) is 4.82. The zero-order chi connectivity index (χ0) is 13.3. The fourth-order valence-corrected chi connectivity index (χ4v) is 2.15. The van der Waals surface area contributed by atoms with Crippen LogP contribution in [0.1, 0.15) is 17.1 Å². The first-order chi connectivity index (χ1) is 8.58. The summed E-state index contributed by atoms with van der Waals surface area (Å²) in [6, 6.07) is 6.07. The fourth-order valence-electron chi connectivity index (χ4n) is 2.15. The van der Waals surface area contributed by atoms with Crippen molar-refractivity contribution in [1.29, 1.82) is 0 Å². The molecule has 4 heteroatoms. The van der Waals surface area contributed by atoms with Crippen LogP contribution in [0.5, 0.6) is 5.75 Å². The Morgan fingerprint density at radius 2 is 2.06 bits per heavy atom. The van der Waals surface area contributed by atoms with Crippen LogP contribution in [0.15, 0.2) is 18.2 Å². The van der Waals surface area contributed by atoms with Gasteiger partial charge in [0.2, 0.25) is 0 Å². The molecule has 2 aromatic rings. The molecule has 0 fully saturated rings. The van der Waals surface area contributed by atoms with Gasteiger partial charge in [0.05, 0.1) is 18.5 Å². The number of benzene rings is 1. The van der Waals surface area contributed by atoms with Gasteiger partial charge in [-0.25, -0.2) is 4.98 Å². The molecule has 0 saturated heterocycles. The molecule has 0 saturated carbocycles. The van der Waals surface area contributed by atoms with Crippen molar-refractivity contribution in [3.05, 3.63) is 35.3 Å². The van der Waals surface area contributed by atoms with Gasteiger partial charge in [-0.05, 0) is 37.6 Å². The van der Waals surface area contributed by atoms with Crippen LogP contribution >= 0.6 is 0 Å². The van der Waals surface area contributed by atoms with Crippen LogP contribution in [0, 0.1) is 13.8 Å². The first-order valence-corrected chi connectivity index (χ1v) is 5.95. The number of nitrogens with zero attached hydrogens (tertiary/aromatic N) is 2. The summed E-state index contributed by atoms with van der Waals surface area (Å²) in [5.41, 5.74) is 10.0. The summed E-state index contributed by atoms with van der Waals surface area (Å²) in [4.78, 5) is 4.59. The predicted octanol–water partition coefficient (Wildman–Crippen LogP) is 2.17. The van der Waals surface area contributed by atoms with Crippen LogP contribution in [0.4, 0.5) is 0 Å². The Bertz CT molecular complexity index is 573. The Labute approximate surface area is 107 Å². The number of aromatic nitrogens is 2. The SMILES string of the molecule is COc1ccc(-c2nc(C)n(C)c2CN)cc1C. The summed E-state index contributed by atoms with van der Waals surface area (Å²) in [5, 5.41) is 0. The van der Waals surface area contributed by atoms with Gasteiger partial charge in [-0.3, -0.25) is 0 Å². The first kappa shape index (κ1) is 12.6. The van der Waals surface area contributed by atoms with E-state index in [-0.39, 0.29) is 0 Å². The molecule has 0 spiro atoms. The molecule has 0 aliphatic carbocycles. The molecular formula is C14H19N3O. The molecule has 2 rings (SSSR count). The highest BCUT2D eigenvalue weighted by molar-refractivity contribution is 5.65. The molecule has 1 aromatic carbocycles. The molecule has 96 valence electrons. The Kier molecular flexibility index (Phi) is 3.39. The number of methoxy groups -OCH3 is 1. The standard InChI is InChI=1S/C14H19N3O/c1-9-7-11(5-6-13(9)18-4)14-12(8-15)17(3)10(2)16-14/h5-7H,8,15H2,1-4H3. The van der Waals surface area contributed by atoms with Crippen LogP contribution in [-0.4, -0.2) is 16.7 Å². The van der Waals surface area contributed by atoms with E-state index in [9.17, 15) is 0 Å². The van der Waals surface area contributed by atoms with E-state index < -0.39 is 0 Å². The summed E-state index contributed by atoms with van der Waals surface area (Å²) in [7, 11) is 3.67. The molecule has 0 amide bonds. The van der Waals surface area contributed by atoms with Crippen molar-refractivity contribution in [3.8, 4) is 17.0 Å². The van der Waals surface area contributed by atoms with Crippen molar-refractivity contribution < 1.29 is 4.74 Å². The number of hydrogen-bond donors (Lipinski definition) is 1. The number of aryl methyl sites for hydroxylation is 2. The third-order valence-electron chi connectivity index (χ3n) is 3.30. The number of nitrogens with two attached hydrogens (primary N) is 1. The highest BCUT2D eigenvalue weighted by atomic mass is 16.5. The van der Waals surface area contributed by atoms with E-state index >= 15 is 0 Å². The first-order valence-electron chi connectivity index (χ1n) is 5.95. The topological polar surface area (TPSA) is 53.1 Å². The summed E-state index contributed by atoms with van der Waals surface area (Å²) in [6.07, 6.45) is 0. The predicted molar refractivity (Wildman–Crippen MR) is 72.6 cm³/mol. The highest BCUT2D eigenvalue weighted by Gasteiger charge is 2.13. The molecule has 0 radical (unpaired) electrons. The molecular weight excluding hydrogens is 226 g/mol. The molecule has 1 aromatic heterocycles. The van der Waals surface area contributed by atoms with Gasteiger partial charge in [0, 0.05) is 19.2 Å². The normalized spacial score (nSPS) is 10.7. The average molecular weight is 245 g/mol. The number of ether oxygens (including phenoxy) is 1. The van der Waals surface area contributed by atoms with Gasteiger partial charge in [0.25, 0.3) is 0 Å². The molecule has 0 aliphatic rings. The van der Waals surface area contributed by atoms with Crippen molar-refractivity contribution in [1.82, 2.24) is 9.55 Å². The number of imidazole rings is 1. The van der Waals surface area contributed by atoms with E-state index in [0.29, 0.717) is 6.54 Å². The summed E-state index contributed by atoms with van der Waals surface area (Å²) in [6.45, 7) is 4.50. The smallest absolute Gasteiger partial charge is 0.121 e. The Morgan fingerprint density at radius 1 is 1.33 bits per heavy atom. The second-order valence-corrected chi connectivity index (χ2v) is 4.40. The minimum atomic E-state index is 0.484. The van der Waals surface area contributed by atoms with Crippen LogP contribution in [0.25, 0.3) is 11.3 Å². The van der Waals surface area contributed by atoms with Crippen molar-refractivity contribution in [3.63, 3.8) is 0 Å². The number of rotatable bonds is 3. The summed E-state index contributed by atoms with van der Waals surface area (Å²) < 4.78 is 7.31. The van der Waals surface area contributed by atoms with E-state index in [1.165, 1.54) is 0 Å². The van der Waals surface area contributed by atoms with Gasteiger partial charge in [-0.15, -0.1) is 0 Å². The summed E-state index contributed by atoms with van der Waals surface area (Å²) >= 11 is 0. The lowest BCUT2D eigenvalue weighted by atomic mass is 10.1. The lowest BCUT2D eigenvalue weighted by Gasteiger charge is -2.07. The van der Waals surface area contributed by atoms with Gasteiger partial charge in [0.1, 0.15) is 11.6 Å². The van der Waals surface area contributed by atoms with Crippen LogP contribution in [0.3, 0.4) is 0 Å². The molecule has 4 nitrogen and oxygen atoms in total. The molecule has 1 heterocycles. The molecule has 0 atom stereocenters. The number of hydrogen-bond acceptors (Lipinski definition) is 3. The molecule has 2 N–H and O–H groups in total. The molecule has 0 bridgehead atoms. The van der Waals surface area contributed by atoms with Crippen molar-refractivity contribution in [2.24, 2.45) is 12.8 Å². The van der Waals surface area contributed by atoms with E-state index in [1.807, 2.05) is 37.6 Å². The van der Waals surface area contributed by atoms with Crippen LogP contribution < -0.4 is 10.5 Å². The van der Waals surface area contributed by atoms with Gasteiger partial charge in [-0.1, -0.05) is 0 Å². The molecule has 0 unspecified atom stereocenters. The highest BCUT2D eigenvalue weighted by Crippen LogP contribution is 2.28. The Hall–Kier alpha value is -1.81. The Morgan fingerprint density at radius 3 is 2.61 bits per heavy atom. The van der Waals surface area contributed by atoms with Crippen LogP contribution in [0.2, 0.25) is 0 Å². The van der Waals surface area contributed by atoms with Crippen LogP contribution in [-0.2, 0) is 13.6 Å². The quantitative estimate of drug-likeness (QED) is 0.901. The van der Waals surface area contributed by atoms with Crippen molar-refractivity contribution in [2.45, 2.75) is 20.4 Å². The second-order valence-electron chi connectivity index (χ2n) is 4.40. The lowest BCUT2D eigenvalue weighted by Crippen LogP contribution is -2.05. The van der Waals surface area contributed by atoms with Crippen molar-refractivity contribution in [2.75, 3.05) is 7.11 Å². The van der Waals surface area contributed by atoms with E-state index in [0.717, 1.165) is 34.1 Å². The van der Waals surface area contributed by atoms with Gasteiger partial charge in [0.15, 0.2) is 0 Å². The maximum atomic E-state index is 5.81. The third-order valence-corrected chi connectivity index (χ3v) is 3.30. The minimum absolute atomic E-state index is 0.484. The van der Waals surface area contributed by atoms with Gasteiger partial charge >= 0.3 is 0 Å². The summed E-state index contributed by atoms with van der Waals surface area (Å²) in [5.74, 6) is 1.86. The maximum absolute atomic E-state index is 5.81. The van der Waals surface area contributed by atoms with E-state index in [2.05, 4.69) is 11.1 Å². The van der Waals surface area contributed by atoms with Gasteiger partial charge < -0.3 is 15.0 Å². The minimum Gasteiger partial charge on any atom is -0.496 e. The maximum Gasteiger partial charge on any atom is 0.121 e. The van der Waals surface area contributed by atoms with E-state index in [4.69, 9.17) is 10.5 Å². The largest absolute Gasteiger partial charge is 0.496 e.